The zero-order chi connectivity index (χ0) is 94.7. The van der Waals surface area contributed by atoms with E-state index in [0.29, 0.717) is 102 Å². The first-order chi connectivity index (χ1) is 61.8. The van der Waals surface area contributed by atoms with Crippen molar-refractivity contribution in [3.8, 4) is 6.07 Å². The molecule has 5 atom stereocenters. The number of hydrogen-bond donors (Lipinski definition) is 11. The zero-order valence-corrected chi connectivity index (χ0v) is 77.4. The zero-order valence-electron chi connectivity index (χ0n) is 69.1. The number of nitrogens with one attached hydrogen (secondary N) is 11. The third-order valence-corrected chi connectivity index (χ3v) is 22.0. The first-order valence-electron chi connectivity index (χ1n) is 38.8. The number of amidine groups is 3. The van der Waals surface area contributed by atoms with E-state index in [0.717, 1.165) is 5.56 Å². The molecule has 11 aromatic carbocycles. The lowest BCUT2D eigenvalue weighted by molar-refractivity contribution is -0.131. The number of ether oxygens (including phenoxy) is 1. The molecule has 1 aromatic heterocycles. The van der Waals surface area contributed by atoms with Crippen LogP contribution < -0.4 is 42.5 Å². The van der Waals surface area contributed by atoms with Gasteiger partial charge in [-0.3, -0.25) is 54.8 Å². The van der Waals surface area contributed by atoms with Gasteiger partial charge >= 0.3 is 6.09 Å². The van der Waals surface area contributed by atoms with E-state index in [1.165, 1.54) is 60.8 Å². The third-order valence-electron chi connectivity index (χ3n) is 18.7. The average Bonchev–Trinajstić information content (AvgIpc) is 0.834. The largest absolute Gasteiger partial charge is 0.444 e. The molecule has 662 valence electrons. The molecular formula is C96H77Cl11N14O9. The number of nitrogens with zero attached hydrogens (tertiary/aromatic N) is 3. The summed E-state index contributed by atoms with van der Waals surface area (Å²) >= 11 is 66.5. The molecule has 1 heterocycles. The number of nitriles is 1. The summed E-state index contributed by atoms with van der Waals surface area (Å²) in [5.74, 6) is -4.21. The van der Waals surface area contributed by atoms with Crippen LogP contribution >= 0.6 is 128 Å². The lowest BCUT2D eigenvalue weighted by Gasteiger charge is -2.28. The normalized spacial score (nSPS) is 11.9. The molecule has 0 aliphatic carbocycles. The lowest BCUT2D eigenvalue weighted by Crippen LogP contribution is -2.47. The Balaban J connectivity index is 0.000000196. The molecule has 34 heteroatoms. The maximum absolute atomic E-state index is 13.6. The van der Waals surface area contributed by atoms with Gasteiger partial charge in [0, 0.05) is 59.1 Å². The molecule has 12 aromatic rings. The summed E-state index contributed by atoms with van der Waals surface area (Å²) in [5, 5.41) is 58.8. The Bertz CT molecular complexity index is 6270. The van der Waals surface area contributed by atoms with Crippen molar-refractivity contribution in [1.29, 1.82) is 21.5 Å². The molecule has 0 aliphatic heterocycles. The summed E-state index contributed by atoms with van der Waals surface area (Å²) in [5.41, 5.74) is 4.47. The van der Waals surface area contributed by atoms with Crippen LogP contribution in [0.15, 0.2) is 279 Å². The predicted molar refractivity (Wildman–Crippen MR) is 513 cm³/mol. The second-order valence-corrected chi connectivity index (χ2v) is 34.2. The molecule has 130 heavy (non-hydrogen) atoms. The van der Waals surface area contributed by atoms with Gasteiger partial charge in [-0.15, -0.1) is 0 Å². The number of alkyl carbamates (subject to hydrolysis) is 1. The smallest absolute Gasteiger partial charge is 0.408 e. The van der Waals surface area contributed by atoms with Crippen LogP contribution in [-0.4, -0.2) is 75.5 Å². The summed E-state index contributed by atoms with van der Waals surface area (Å²) in [6.07, 6.45) is 0.675. The van der Waals surface area contributed by atoms with Gasteiger partial charge in [-0.05, 0) is 177 Å². The van der Waals surface area contributed by atoms with Gasteiger partial charge in [0.05, 0.1) is 59.4 Å². The molecular weight excluding hydrogens is 1880 g/mol. The van der Waals surface area contributed by atoms with Crippen LogP contribution in [0.4, 0.5) is 10.5 Å². The Kier molecular flexibility index (Phi) is 37.0. The molecule has 4 unspecified atom stereocenters. The minimum atomic E-state index is -1.24. The van der Waals surface area contributed by atoms with Gasteiger partial charge in [0.25, 0.3) is 29.5 Å². The molecule has 0 saturated heterocycles. The van der Waals surface area contributed by atoms with E-state index in [1.807, 2.05) is 12.1 Å². The molecule has 0 fully saturated rings. The number of halogens is 11. The van der Waals surface area contributed by atoms with Crippen molar-refractivity contribution in [2.24, 2.45) is 0 Å². The number of amides is 8. The Morgan fingerprint density at radius 2 is 0.792 bits per heavy atom. The van der Waals surface area contributed by atoms with Crippen molar-refractivity contribution in [2.75, 3.05) is 0 Å². The van der Waals surface area contributed by atoms with Crippen molar-refractivity contribution in [3.63, 3.8) is 0 Å². The Hall–Kier alpha value is -12.7. The second kappa shape index (κ2) is 47.6. The molecule has 0 aliphatic rings. The van der Waals surface area contributed by atoms with Gasteiger partial charge in [-0.2, -0.15) is 5.26 Å². The van der Waals surface area contributed by atoms with Gasteiger partial charge in [0.1, 0.15) is 53.3 Å². The second-order valence-electron chi connectivity index (χ2n) is 29.6. The van der Waals surface area contributed by atoms with E-state index in [1.54, 1.807) is 247 Å². The van der Waals surface area contributed by atoms with Crippen LogP contribution in [0.2, 0.25) is 55.2 Å². The van der Waals surface area contributed by atoms with Gasteiger partial charge in [-0.25, -0.2) is 9.64 Å². The van der Waals surface area contributed by atoms with E-state index in [-0.39, 0.29) is 55.6 Å². The summed E-state index contributed by atoms with van der Waals surface area (Å²) < 4.78 is 5.34. The highest BCUT2D eigenvalue weighted by atomic mass is 35.5. The summed E-state index contributed by atoms with van der Waals surface area (Å²) in [6.45, 7) is 15.7. The van der Waals surface area contributed by atoms with E-state index in [2.05, 4.69) is 52.4 Å². The molecule has 0 saturated carbocycles. The predicted octanol–water partition coefficient (Wildman–Crippen LogP) is 22.7. The van der Waals surface area contributed by atoms with Gasteiger partial charge in [0.15, 0.2) is 0 Å². The highest BCUT2D eigenvalue weighted by Gasteiger charge is 2.36. The number of carbonyl (C=O) groups is 8. The number of pyridine rings is 1. The Morgan fingerprint density at radius 3 is 1.23 bits per heavy atom. The molecule has 8 amide bonds. The SMILES string of the molecule is CC(C)(C(=O)NC(C(=O)NC(=N)c1ccccc1)c1cccc(Cl)c1)c1ccc(Cl)cc1.CC(C)(C)OC(=O)NC(C(=O)NC(C(=O)NC(=N)c1ccccc1)c1cccc(Cl)c1)c1ccc(Cl)cc1.N#Cc1ccc(C(=O)N[C@@H](c2ccc(Cl)c(Cl)c2)c2ccc(Cl)cn2)cc1Cl.[C-]#[N+]c1ccc(C(=O)NC(C(=O)NC(=N)c2ccccc2)c2ccc(Cl)c(Cl)c2)cc1Cl. The molecule has 0 radical (unpaired) electrons. The van der Waals surface area contributed by atoms with E-state index < -0.39 is 76.9 Å². The highest BCUT2D eigenvalue weighted by Crippen LogP contribution is 2.34. The number of hydrogen-bond acceptors (Lipinski definition) is 14. The molecule has 23 nitrogen and oxygen atoms in total. The summed E-state index contributed by atoms with van der Waals surface area (Å²) in [7, 11) is 0. The van der Waals surface area contributed by atoms with Gasteiger partial charge in [0.2, 0.25) is 17.5 Å². The minimum absolute atomic E-state index is 0.0613. The van der Waals surface area contributed by atoms with Crippen LogP contribution in [0.1, 0.15) is 147 Å². The highest BCUT2D eigenvalue weighted by molar-refractivity contribution is 6.43. The Labute approximate surface area is 804 Å². The number of aromatic nitrogens is 1. The average molecular weight is 1960 g/mol. The summed E-state index contributed by atoms with van der Waals surface area (Å²) in [4.78, 5) is 112. The lowest BCUT2D eigenvalue weighted by atomic mass is 9.83. The van der Waals surface area contributed by atoms with Gasteiger partial charge in [-0.1, -0.05) is 291 Å². The fourth-order valence-electron chi connectivity index (χ4n) is 12.0. The number of carbonyl (C=O) groups excluding carboxylic acids is 8. The van der Waals surface area contributed by atoms with Crippen molar-refractivity contribution in [1.82, 2.24) is 47.5 Å². The van der Waals surface area contributed by atoms with E-state index in [9.17, 15) is 38.4 Å². The van der Waals surface area contributed by atoms with E-state index >= 15 is 0 Å². The van der Waals surface area contributed by atoms with Crippen LogP contribution in [0.3, 0.4) is 0 Å². The Morgan fingerprint density at radius 1 is 0.377 bits per heavy atom. The van der Waals surface area contributed by atoms with Crippen LogP contribution in [0.25, 0.3) is 4.85 Å². The van der Waals surface area contributed by atoms with Crippen molar-refractivity contribution in [3.05, 3.63) is 418 Å². The van der Waals surface area contributed by atoms with Crippen molar-refractivity contribution < 1.29 is 43.1 Å². The van der Waals surface area contributed by atoms with Crippen LogP contribution in [0, 0.1) is 34.1 Å². The van der Waals surface area contributed by atoms with Crippen LogP contribution in [-0.2, 0) is 34.1 Å². The monoisotopic (exact) mass is 1950 g/mol. The molecule has 11 N–H and O–H groups in total. The topological polar surface area (TPSA) is 355 Å². The first-order valence-corrected chi connectivity index (χ1v) is 42.9. The van der Waals surface area contributed by atoms with Gasteiger partial charge < -0.3 is 47.3 Å². The first kappa shape index (κ1) is 101. The number of rotatable bonds is 22. The quantitative estimate of drug-likeness (QED) is 0.0172. The van der Waals surface area contributed by atoms with Crippen molar-refractivity contribution >= 4 is 198 Å². The van der Waals surface area contributed by atoms with Crippen LogP contribution in [0.5, 0.6) is 0 Å². The maximum Gasteiger partial charge on any atom is 0.408 e. The molecule has 0 bridgehead atoms. The van der Waals surface area contributed by atoms with Crippen molar-refractivity contribution in [2.45, 2.75) is 75.8 Å². The molecule has 12 rings (SSSR count). The standard InChI is InChI=1S/C28H28Cl2N4O4.C25H23Cl2N3O2.C23H15Cl3N4O2.C20H11Cl4N3O/c1-28(2,3)38-27(37)33-22(17-12-14-20(29)15-13-17)25(35)32-23(19-10-7-11-21(30)16-19)26(36)34-24(31)18-8-5-4-6-9-18;1-25(2,18-11-13-19(26)14-12-18)24(32)29-21(17-9-6-10-20(27)15-17)23(31)30-22(28)16-7-4-3-5-8-16;1-28-19-10-8-15(12-18(19)26)22(31)29-20(14-7-9-16(24)17(25)11-14)23(32)30-21(27)13-5-3-2-4-6-13;21-14-4-6-18(26-10-14)19(11-3-5-15(22)17(24)7-11)27-20(28)12-1-2-13(9-25)16(23)8-12/h4-16,22-23H,1-3H3,(H,32,35)(H,33,37)(H2,31,34,36);3-15,21H,1-2H3,(H,29,32)(H2,28,30,31);2-12,20H,(H,29,31)(H2,27,30,32);1-8,10,19H,(H,27,28)/t;;;19-/m...0/s1. The summed E-state index contributed by atoms with van der Waals surface area (Å²) in [6, 6.07) is 70.9. The minimum Gasteiger partial charge on any atom is -0.444 e. The number of benzene rings is 11. The fraction of sp³-hybridized carbons (Fsp3) is 0.125. The third kappa shape index (κ3) is 29.4. The molecule has 0 spiro atoms. The maximum atomic E-state index is 13.6. The fourth-order valence-corrected chi connectivity index (χ4v) is 13.8. The van der Waals surface area contributed by atoms with E-state index in [4.69, 9.17) is 160 Å².